The summed E-state index contributed by atoms with van der Waals surface area (Å²) >= 11 is 2.97. The molecule has 5 nitrogen and oxygen atoms in total. The predicted octanol–water partition coefficient (Wildman–Crippen LogP) is 2.29. The number of hydrogen-bond donors (Lipinski definition) is 1. The minimum Gasteiger partial charge on any atom is -0.364 e. The van der Waals surface area contributed by atoms with Crippen LogP contribution in [0, 0.1) is 15.9 Å². The number of rotatable bonds is 3. The van der Waals surface area contributed by atoms with Crippen molar-refractivity contribution in [1.82, 2.24) is 5.32 Å². The van der Waals surface area contributed by atoms with Gasteiger partial charge in [-0.3, -0.25) is 10.1 Å². The summed E-state index contributed by atoms with van der Waals surface area (Å²) < 4.78 is 13.7. The van der Waals surface area contributed by atoms with Gasteiger partial charge in [0.25, 0.3) is 5.69 Å². The summed E-state index contributed by atoms with van der Waals surface area (Å²) in [6.45, 7) is 1.34. The fraction of sp³-hybridized carbons (Fsp3) is 0.455. The first-order chi connectivity index (χ1) is 8.52. The van der Waals surface area contributed by atoms with Crippen molar-refractivity contribution in [3.8, 4) is 0 Å². The second-order valence-corrected chi connectivity index (χ2v) is 5.09. The van der Waals surface area contributed by atoms with Crippen molar-refractivity contribution in [2.75, 3.05) is 25.0 Å². The Bertz CT molecular complexity index is 484. The van der Waals surface area contributed by atoms with Crippen LogP contribution in [-0.4, -0.2) is 31.1 Å². The monoisotopic (exact) mass is 317 g/mol. The molecule has 0 bridgehead atoms. The second kappa shape index (κ2) is 5.19. The third-order valence-corrected chi connectivity index (χ3v) is 3.76. The van der Waals surface area contributed by atoms with Gasteiger partial charge < -0.3 is 10.2 Å². The van der Waals surface area contributed by atoms with E-state index in [0.717, 1.165) is 6.42 Å². The van der Waals surface area contributed by atoms with Crippen molar-refractivity contribution in [3.05, 3.63) is 32.5 Å². The van der Waals surface area contributed by atoms with Gasteiger partial charge in [0.15, 0.2) is 0 Å². The molecule has 0 aromatic heterocycles. The topological polar surface area (TPSA) is 58.4 Å². The number of hydrogen-bond acceptors (Lipinski definition) is 4. The van der Waals surface area contributed by atoms with Gasteiger partial charge in [0.2, 0.25) is 0 Å². The zero-order valence-corrected chi connectivity index (χ0v) is 11.4. The molecule has 0 aliphatic carbocycles. The number of halogens is 2. The summed E-state index contributed by atoms with van der Waals surface area (Å²) in [5.74, 6) is -0.483. The predicted molar refractivity (Wildman–Crippen MR) is 70.4 cm³/mol. The number of benzene rings is 1. The van der Waals surface area contributed by atoms with Gasteiger partial charge in [-0.1, -0.05) is 0 Å². The molecule has 1 atom stereocenters. The van der Waals surface area contributed by atoms with Gasteiger partial charge in [0.05, 0.1) is 9.40 Å². The van der Waals surface area contributed by atoms with Crippen LogP contribution in [0.5, 0.6) is 0 Å². The Morgan fingerprint density at radius 3 is 2.89 bits per heavy atom. The third-order valence-electron chi connectivity index (χ3n) is 3.15. The van der Waals surface area contributed by atoms with Crippen molar-refractivity contribution in [2.24, 2.45) is 0 Å². The Hall–Kier alpha value is -1.21. The van der Waals surface area contributed by atoms with E-state index in [1.807, 2.05) is 11.9 Å². The van der Waals surface area contributed by atoms with Crippen LogP contribution in [0.25, 0.3) is 0 Å². The minimum atomic E-state index is -0.483. The van der Waals surface area contributed by atoms with Gasteiger partial charge in [-0.15, -0.1) is 0 Å². The van der Waals surface area contributed by atoms with E-state index >= 15 is 0 Å². The molecule has 2 rings (SSSR count). The van der Waals surface area contributed by atoms with Crippen molar-refractivity contribution >= 4 is 27.3 Å². The van der Waals surface area contributed by atoms with Crippen LogP contribution in [-0.2, 0) is 0 Å². The molecule has 18 heavy (non-hydrogen) atoms. The SMILES string of the molecule is CNC1CCN(c2cc(F)c(Br)cc2[N+](=O)[O-])C1. The molecule has 1 aliphatic heterocycles. The van der Waals surface area contributed by atoms with Gasteiger partial charge >= 0.3 is 0 Å². The summed E-state index contributed by atoms with van der Waals surface area (Å²) in [6.07, 6.45) is 0.894. The van der Waals surface area contributed by atoms with Crippen LogP contribution < -0.4 is 10.2 Å². The largest absolute Gasteiger partial charge is 0.364 e. The Kier molecular flexibility index (Phi) is 3.82. The van der Waals surface area contributed by atoms with Gasteiger partial charge in [-0.2, -0.15) is 0 Å². The van der Waals surface area contributed by atoms with E-state index in [0.29, 0.717) is 18.8 Å². The van der Waals surface area contributed by atoms with Crippen LogP contribution in [0.15, 0.2) is 16.6 Å². The molecular weight excluding hydrogens is 305 g/mol. The number of anilines is 1. The highest BCUT2D eigenvalue weighted by Gasteiger charge is 2.28. The molecule has 1 N–H and O–H groups in total. The quantitative estimate of drug-likeness (QED) is 0.686. The molecule has 0 radical (unpaired) electrons. The highest BCUT2D eigenvalue weighted by atomic mass is 79.9. The molecule has 0 spiro atoms. The Morgan fingerprint density at radius 1 is 1.61 bits per heavy atom. The van der Waals surface area contributed by atoms with Crippen LogP contribution in [0.1, 0.15) is 6.42 Å². The fourth-order valence-corrected chi connectivity index (χ4v) is 2.47. The summed E-state index contributed by atoms with van der Waals surface area (Å²) in [4.78, 5) is 12.4. The van der Waals surface area contributed by atoms with E-state index in [9.17, 15) is 14.5 Å². The molecule has 1 heterocycles. The van der Waals surface area contributed by atoms with Gasteiger partial charge in [-0.05, 0) is 29.4 Å². The number of nitro benzene ring substituents is 1. The molecule has 7 heteroatoms. The maximum absolute atomic E-state index is 13.5. The molecule has 1 unspecified atom stereocenters. The Balaban J connectivity index is 2.37. The van der Waals surface area contributed by atoms with E-state index in [1.165, 1.54) is 12.1 Å². The Morgan fingerprint density at radius 2 is 2.33 bits per heavy atom. The second-order valence-electron chi connectivity index (χ2n) is 4.23. The van der Waals surface area contributed by atoms with Gasteiger partial charge in [-0.25, -0.2) is 4.39 Å². The van der Waals surface area contributed by atoms with Gasteiger partial charge in [0.1, 0.15) is 11.5 Å². The maximum Gasteiger partial charge on any atom is 0.293 e. The summed E-state index contributed by atoms with van der Waals surface area (Å²) in [7, 11) is 1.85. The van der Waals surface area contributed by atoms with Crippen LogP contribution in [0.3, 0.4) is 0 Å². The van der Waals surface area contributed by atoms with Crippen molar-refractivity contribution in [2.45, 2.75) is 12.5 Å². The average Bonchev–Trinajstić information content (AvgIpc) is 2.80. The van der Waals surface area contributed by atoms with Crippen molar-refractivity contribution < 1.29 is 9.31 Å². The molecule has 1 aromatic carbocycles. The lowest BCUT2D eigenvalue weighted by Crippen LogP contribution is -2.29. The standard InChI is InChI=1S/C11H13BrFN3O2/c1-14-7-2-3-15(6-7)10-5-9(13)8(12)4-11(10)16(17)18/h4-5,7,14H,2-3,6H2,1H3. The molecular formula is C11H13BrFN3O2. The average molecular weight is 318 g/mol. The number of nitrogens with zero attached hydrogens (tertiary/aromatic N) is 2. The third kappa shape index (κ3) is 2.46. The molecule has 1 aliphatic rings. The molecule has 1 aromatic rings. The summed E-state index contributed by atoms with van der Waals surface area (Å²) in [6, 6.07) is 2.73. The number of likely N-dealkylation sites (N-methyl/N-ethyl adjacent to an activating group) is 1. The zero-order valence-electron chi connectivity index (χ0n) is 9.82. The van der Waals surface area contributed by atoms with E-state index in [-0.39, 0.29) is 16.2 Å². The number of nitro groups is 1. The highest BCUT2D eigenvalue weighted by Crippen LogP contribution is 2.34. The molecule has 1 fully saturated rings. The molecule has 1 saturated heterocycles. The fourth-order valence-electron chi connectivity index (χ4n) is 2.14. The first-order valence-corrected chi connectivity index (χ1v) is 6.38. The smallest absolute Gasteiger partial charge is 0.293 e. The van der Waals surface area contributed by atoms with Crippen LogP contribution in [0.4, 0.5) is 15.8 Å². The first kappa shape index (κ1) is 13.2. The van der Waals surface area contributed by atoms with Crippen molar-refractivity contribution in [3.63, 3.8) is 0 Å². The van der Waals surface area contributed by atoms with Crippen LogP contribution in [0.2, 0.25) is 0 Å². The Labute approximate surface area is 112 Å². The van der Waals surface area contributed by atoms with E-state index < -0.39 is 10.7 Å². The minimum absolute atomic E-state index is 0.0694. The summed E-state index contributed by atoms with van der Waals surface area (Å²) in [5, 5.41) is 14.1. The molecule has 0 amide bonds. The first-order valence-electron chi connectivity index (χ1n) is 5.58. The lowest BCUT2D eigenvalue weighted by Gasteiger charge is -2.18. The van der Waals surface area contributed by atoms with E-state index in [1.54, 1.807) is 0 Å². The summed E-state index contributed by atoms with van der Waals surface area (Å²) in [5.41, 5.74) is 0.276. The van der Waals surface area contributed by atoms with E-state index in [2.05, 4.69) is 21.2 Å². The lowest BCUT2D eigenvalue weighted by molar-refractivity contribution is -0.384. The van der Waals surface area contributed by atoms with Crippen molar-refractivity contribution in [1.29, 1.82) is 0 Å². The molecule has 98 valence electrons. The maximum atomic E-state index is 13.5. The van der Waals surface area contributed by atoms with Crippen LogP contribution >= 0.6 is 15.9 Å². The zero-order chi connectivity index (χ0) is 13.3. The molecule has 0 saturated carbocycles. The lowest BCUT2D eigenvalue weighted by atomic mass is 10.2. The number of nitrogens with one attached hydrogen (secondary N) is 1. The highest BCUT2D eigenvalue weighted by molar-refractivity contribution is 9.10. The van der Waals surface area contributed by atoms with E-state index in [4.69, 9.17) is 0 Å². The van der Waals surface area contributed by atoms with Gasteiger partial charge in [0, 0.05) is 31.3 Å². The normalized spacial score (nSPS) is 19.3.